The Morgan fingerprint density at radius 3 is 0.786 bits per heavy atom. The molecule has 0 saturated carbocycles. The van der Waals surface area contributed by atoms with Crippen LogP contribution in [0, 0.1) is 0 Å². The summed E-state index contributed by atoms with van der Waals surface area (Å²) >= 11 is 0. The zero-order chi connectivity index (χ0) is 60.5. The monoisotopic (exact) mass is 1170 g/mol. The highest BCUT2D eigenvalue weighted by Crippen LogP contribution is 2.19. The molecule has 2 unspecified atom stereocenters. The zero-order valence-corrected chi connectivity index (χ0v) is 56.4. The molecule has 0 saturated heterocycles. The molecule has 488 valence electrons. The first-order valence-corrected chi connectivity index (χ1v) is 37.4. The standard InChI is InChI=1S/C80H145NO3/c1-3-5-7-9-11-13-15-17-19-21-23-25-27-29-31-33-35-36-37-38-39-40-41-42-43-44-46-48-50-52-54-56-58-60-62-64-66-68-70-72-74-76-80(84)81-78(77-82)79(83)75-73-71-69-67-65-63-61-59-57-55-53-51-49-47-45-34-32-30-28-26-24-22-20-18-16-14-12-10-8-6-4-2/h5,7,11,13,17,19,23,25,29,31,35-36,38-39,41-42,78-79,82-83H,3-4,6,8-10,12,14-16,18,20-22,24,26-28,30,32-34,37,40,43-77H2,1-2H3,(H,81,84)/b7-5-,13-11-,19-17-,25-23-,31-29-,36-35-,39-38-,42-41-. The van der Waals surface area contributed by atoms with Gasteiger partial charge in [0.25, 0.3) is 0 Å². The Labute approximate surface area is 525 Å². The summed E-state index contributed by atoms with van der Waals surface area (Å²) < 4.78 is 0. The number of aliphatic hydroxyl groups is 2. The van der Waals surface area contributed by atoms with E-state index in [1.165, 1.54) is 283 Å². The van der Waals surface area contributed by atoms with E-state index in [-0.39, 0.29) is 12.5 Å². The molecular weight excluding hydrogens is 1020 g/mol. The molecule has 0 fully saturated rings. The van der Waals surface area contributed by atoms with Gasteiger partial charge in [-0.1, -0.05) is 400 Å². The Hall–Kier alpha value is -2.69. The summed E-state index contributed by atoms with van der Waals surface area (Å²) in [4.78, 5) is 12.6. The lowest BCUT2D eigenvalue weighted by molar-refractivity contribution is -0.123. The van der Waals surface area contributed by atoms with E-state index in [2.05, 4.69) is 116 Å². The minimum absolute atomic E-state index is 0.0276. The quantitative estimate of drug-likeness (QED) is 0.0420. The van der Waals surface area contributed by atoms with Crippen LogP contribution < -0.4 is 5.32 Å². The number of rotatable bonds is 69. The zero-order valence-electron chi connectivity index (χ0n) is 56.4. The third-order valence-corrected chi connectivity index (χ3v) is 17.1. The van der Waals surface area contributed by atoms with Gasteiger partial charge < -0.3 is 15.5 Å². The van der Waals surface area contributed by atoms with Crippen LogP contribution >= 0.6 is 0 Å². The second kappa shape index (κ2) is 74.6. The Kier molecular flexibility index (Phi) is 72.2. The van der Waals surface area contributed by atoms with Gasteiger partial charge in [-0.15, -0.1) is 0 Å². The van der Waals surface area contributed by atoms with E-state index in [1.807, 2.05) is 0 Å². The van der Waals surface area contributed by atoms with Crippen molar-refractivity contribution in [3.8, 4) is 0 Å². The van der Waals surface area contributed by atoms with Crippen LogP contribution in [0.3, 0.4) is 0 Å². The second-order valence-corrected chi connectivity index (χ2v) is 25.3. The highest BCUT2D eigenvalue weighted by molar-refractivity contribution is 5.76. The van der Waals surface area contributed by atoms with Crippen LogP contribution in [0.4, 0.5) is 0 Å². The van der Waals surface area contributed by atoms with Crippen molar-refractivity contribution in [3.63, 3.8) is 0 Å². The van der Waals surface area contributed by atoms with Gasteiger partial charge in [-0.05, 0) is 77.0 Å². The average Bonchev–Trinajstić information content (AvgIpc) is 3.51. The molecule has 0 aromatic heterocycles. The number of amides is 1. The molecule has 4 heteroatoms. The lowest BCUT2D eigenvalue weighted by Gasteiger charge is -2.22. The first-order chi connectivity index (χ1) is 41.7. The van der Waals surface area contributed by atoms with Crippen LogP contribution in [0.25, 0.3) is 0 Å². The predicted octanol–water partition coefficient (Wildman–Crippen LogP) is 25.9. The van der Waals surface area contributed by atoms with Crippen LogP contribution in [0.1, 0.15) is 386 Å². The number of carbonyl (C=O) groups is 1. The fourth-order valence-electron chi connectivity index (χ4n) is 11.5. The number of unbranched alkanes of at least 4 members (excludes halogenated alkanes) is 46. The van der Waals surface area contributed by atoms with E-state index >= 15 is 0 Å². The van der Waals surface area contributed by atoms with Crippen LogP contribution in [0.15, 0.2) is 97.2 Å². The number of aliphatic hydroxyl groups excluding tert-OH is 2. The number of hydrogen-bond donors (Lipinski definition) is 3. The Bertz CT molecular complexity index is 1520. The molecule has 0 aromatic rings. The smallest absolute Gasteiger partial charge is 0.220 e. The molecule has 0 rings (SSSR count). The summed E-state index contributed by atoms with van der Waals surface area (Å²) in [6.07, 6.45) is 111. The van der Waals surface area contributed by atoms with E-state index in [9.17, 15) is 15.0 Å². The molecule has 0 aromatic carbocycles. The predicted molar refractivity (Wildman–Crippen MR) is 377 cm³/mol. The van der Waals surface area contributed by atoms with Gasteiger partial charge in [0, 0.05) is 6.42 Å². The summed E-state index contributed by atoms with van der Waals surface area (Å²) in [5.74, 6) is -0.0276. The molecule has 84 heavy (non-hydrogen) atoms. The van der Waals surface area contributed by atoms with Crippen molar-refractivity contribution in [2.24, 2.45) is 0 Å². The molecule has 0 aliphatic carbocycles. The largest absolute Gasteiger partial charge is 0.394 e. The van der Waals surface area contributed by atoms with Gasteiger partial charge in [0.05, 0.1) is 18.8 Å². The molecule has 2 atom stereocenters. The fraction of sp³-hybridized carbons (Fsp3) is 0.787. The van der Waals surface area contributed by atoms with Gasteiger partial charge in [-0.2, -0.15) is 0 Å². The molecule has 0 aliphatic rings. The highest BCUT2D eigenvalue weighted by Gasteiger charge is 2.20. The van der Waals surface area contributed by atoms with Gasteiger partial charge in [0.1, 0.15) is 0 Å². The third kappa shape index (κ3) is 70.1. The summed E-state index contributed by atoms with van der Waals surface area (Å²) in [6.45, 7) is 4.28. The summed E-state index contributed by atoms with van der Waals surface area (Å²) in [7, 11) is 0. The van der Waals surface area contributed by atoms with E-state index in [1.54, 1.807) is 0 Å². The molecule has 0 radical (unpaired) electrons. The van der Waals surface area contributed by atoms with Gasteiger partial charge in [-0.3, -0.25) is 4.79 Å². The molecule has 0 aliphatic heterocycles. The van der Waals surface area contributed by atoms with Gasteiger partial charge in [-0.25, -0.2) is 0 Å². The highest BCUT2D eigenvalue weighted by atomic mass is 16.3. The van der Waals surface area contributed by atoms with Crippen molar-refractivity contribution in [2.75, 3.05) is 6.61 Å². The molecule has 0 spiro atoms. The maximum atomic E-state index is 12.6. The Balaban J connectivity index is 3.45. The maximum Gasteiger partial charge on any atom is 0.220 e. The maximum absolute atomic E-state index is 12.6. The van der Waals surface area contributed by atoms with Crippen LogP contribution in [-0.2, 0) is 4.79 Å². The van der Waals surface area contributed by atoms with Gasteiger partial charge in [0.15, 0.2) is 0 Å². The lowest BCUT2D eigenvalue weighted by atomic mass is 10.0. The van der Waals surface area contributed by atoms with Crippen LogP contribution in [0.2, 0.25) is 0 Å². The summed E-state index contributed by atoms with van der Waals surface area (Å²) in [5.41, 5.74) is 0. The third-order valence-electron chi connectivity index (χ3n) is 17.1. The Morgan fingerprint density at radius 1 is 0.298 bits per heavy atom. The van der Waals surface area contributed by atoms with Crippen molar-refractivity contribution < 1.29 is 15.0 Å². The number of hydrogen-bond acceptors (Lipinski definition) is 3. The minimum Gasteiger partial charge on any atom is -0.394 e. The molecule has 0 bridgehead atoms. The second-order valence-electron chi connectivity index (χ2n) is 25.3. The van der Waals surface area contributed by atoms with E-state index < -0.39 is 12.1 Å². The van der Waals surface area contributed by atoms with Crippen LogP contribution in [0.5, 0.6) is 0 Å². The first kappa shape index (κ1) is 81.3. The summed E-state index contributed by atoms with van der Waals surface area (Å²) in [5, 5.41) is 23.5. The molecule has 4 nitrogen and oxygen atoms in total. The van der Waals surface area contributed by atoms with E-state index in [4.69, 9.17) is 0 Å². The van der Waals surface area contributed by atoms with Crippen molar-refractivity contribution in [2.45, 2.75) is 398 Å². The number of nitrogens with one attached hydrogen (secondary N) is 1. The lowest BCUT2D eigenvalue weighted by Crippen LogP contribution is -2.45. The van der Waals surface area contributed by atoms with E-state index in [0.29, 0.717) is 12.8 Å². The van der Waals surface area contributed by atoms with Crippen molar-refractivity contribution in [3.05, 3.63) is 97.2 Å². The molecule has 1 amide bonds. The molecule has 0 heterocycles. The van der Waals surface area contributed by atoms with Crippen molar-refractivity contribution >= 4 is 5.91 Å². The first-order valence-electron chi connectivity index (χ1n) is 37.4. The SMILES string of the molecule is CC/C=C\C/C=C\C/C=C\C/C=C\C/C=C\C/C=C\C/C=C\C/C=C\CCCCCCCCCCCCCCCCCCC(=O)NC(CO)C(O)CCCCCCCCCCCCCCCCCCCCCCCCCCCCCCCCC. The van der Waals surface area contributed by atoms with E-state index in [0.717, 1.165) is 77.0 Å². The van der Waals surface area contributed by atoms with Gasteiger partial charge in [0.2, 0.25) is 5.91 Å². The number of carbonyl (C=O) groups excluding carboxylic acids is 1. The molecular formula is C80H145NO3. The topological polar surface area (TPSA) is 69.6 Å². The fourth-order valence-corrected chi connectivity index (χ4v) is 11.5. The summed E-state index contributed by atoms with van der Waals surface area (Å²) in [6, 6.07) is -0.542. The van der Waals surface area contributed by atoms with Crippen molar-refractivity contribution in [1.29, 1.82) is 0 Å². The number of allylic oxidation sites excluding steroid dienone is 16. The average molecular weight is 1170 g/mol. The Morgan fingerprint density at radius 2 is 0.524 bits per heavy atom. The van der Waals surface area contributed by atoms with Gasteiger partial charge >= 0.3 is 0 Å². The molecule has 3 N–H and O–H groups in total. The minimum atomic E-state index is -0.665. The van der Waals surface area contributed by atoms with Crippen molar-refractivity contribution in [1.82, 2.24) is 5.32 Å². The normalized spacial score (nSPS) is 13.2. The van der Waals surface area contributed by atoms with Crippen LogP contribution in [-0.4, -0.2) is 34.9 Å².